The Kier molecular flexibility index (Phi) is 4.96. The minimum atomic E-state index is -0.432. The molecule has 4 aromatic carbocycles. The highest BCUT2D eigenvalue weighted by Crippen LogP contribution is 2.45. The summed E-state index contributed by atoms with van der Waals surface area (Å²) in [7, 11) is 0. The topological polar surface area (TPSA) is 62.1 Å². The molecule has 2 heterocycles. The fourth-order valence-electron chi connectivity index (χ4n) is 4.85. The highest BCUT2D eigenvalue weighted by atomic mass is 19.1. The van der Waals surface area contributed by atoms with Crippen molar-refractivity contribution in [2.75, 3.05) is 10.6 Å². The van der Waals surface area contributed by atoms with Crippen LogP contribution in [0.25, 0.3) is 22.0 Å². The lowest BCUT2D eigenvalue weighted by atomic mass is 9.92. The zero-order chi connectivity index (χ0) is 23.9. The lowest BCUT2D eigenvalue weighted by Crippen LogP contribution is -2.26. The third-order valence-corrected chi connectivity index (χ3v) is 6.45. The quantitative estimate of drug-likeness (QED) is 0.241. The fraction of sp³-hybridized carbons (Fsp3) is 0.0333. The summed E-state index contributed by atoms with van der Waals surface area (Å²) in [4.78, 5) is 19.1. The van der Waals surface area contributed by atoms with Crippen LogP contribution in [0, 0.1) is 5.82 Å². The molecule has 0 atom stereocenters. The normalized spacial score (nSPS) is 14.4. The van der Waals surface area contributed by atoms with E-state index in [0.29, 0.717) is 28.1 Å². The van der Waals surface area contributed by atoms with Gasteiger partial charge in [0.2, 0.25) is 0 Å². The van der Waals surface area contributed by atoms with Gasteiger partial charge in [0.1, 0.15) is 5.82 Å². The summed E-state index contributed by atoms with van der Waals surface area (Å²) in [6.07, 6.45) is 0. The first-order valence-corrected chi connectivity index (χ1v) is 11.4. The van der Waals surface area contributed by atoms with Crippen molar-refractivity contribution in [3.05, 3.63) is 131 Å². The van der Waals surface area contributed by atoms with Gasteiger partial charge in [-0.25, -0.2) is 4.39 Å². The molecule has 0 fully saturated rings. The Morgan fingerprint density at radius 1 is 0.857 bits per heavy atom. The van der Waals surface area contributed by atoms with Gasteiger partial charge in [-0.15, -0.1) is 0 Å². The zero-order valence-corrected chi connectivity index (χ0v) is 18.8. The van der Waals surface area contributed by atoms with E-state index in [1.54, 1.807) is 12.1 Å². The summed E-state index contributed by atoms with van der Waals surface area (Å²) in [6, 6.07) is 31.8. The van der Waals surface area contributed by atoms with Gasteiger partial charge in [0, 0.05) is 39.0 Å². The molecular formula is C30H22FN3O. The van der Waals surface area contributed by atoms with Crippen molar-refractivity contribution in [3.8, 4) is 0 Å². The van der Waals surface area contributed by atoms with Crippen LogP contribution in [0.15, 0.2) is 103 Å². The summed E-state index contributed by atoms with van der Waals surface area (Å²) in [5, 5.41) is 1.01. The largest absolute Gasteiger partial charge is 0.398 e. The van der Waals surface area contributed by atoms with Gasteiger partial charge in [-0.2, -0.15) is 0 Å². The molecule has 0 aliphatic carbocycles. The maximum absolute atomic E-state index is 15.3. The molecule has 1 aliphatic rings. The molecule has 6 rings (SSSR count). The minimum Gasteiger partial charge on any atom is -0.398 e. The molecule has 0 radical (unpaired) electrons. The van der Waals surface area contributed by atoms with Gasteiger partial charge in [-0.05, 0) is 29.8 Å². The van der Waals surface area contributed by atoms with E-state index < -0.39 is 5.82 Å². The number of carbonyl (C=O) groups excluding carboxylic acids is 1. The number of carbonyl (C=O) groups is 1. The SMILES string of the molecule is Nc1ccccc1C(=C1C(=O)N(Cc2ccccc2)c2c(F)cccc21)c1cc2ccccc2[nH]1. The van der Waals surface area contributed by atoms with Crippen LogP contribution in [0.1, 0.15) is 22.4 Å². The summed E-state index contributed by atoms with van der Waals surface area (Å²) in [6.45, 7) is 0.265. The Morgan fingerprint density at radius 3 is 2.40 bits per heavy atom. The second-order valence-corrected chi connectivity index (χ2v) is 8.62. The molecule has 0 saturated carbocycles. The smallest absolute Gasteiger partial charge is 0.260 e. The number of nitrogen functional groups attached to an aromatic ring is 1. The minimum absolute atomic E-state index is 0.258. The van der Waals surface area contributed by atoms with Gasteiger partial charge in [0.25, 0.3) is 5.91 Å². The molecule has 5 aromatic rings. The second kappa shape index (κ2) is 8.29. The molecule has 1 aliphatic heterocycles. The average Bonchev–Trinajstić information content (AvgIpc) is 3.42. The van der Waals surface area contributed by atoms with Gasteiger partial charge in [-0.3, -0.25) is 4.79 Å². The summed E-state index contributed by atoms with van der Waals surface area (Å²) in [5.74, 6) is -0.690. The number of fused-ring (bicyclic) bond motifs is 2. The number of nitrogens with two attached hydrogens (primary N) is 1. The molecule has 0 bridgehead atoms. The molecule has 0 unspecified atom stereocenters. The Bertz CT molecular complexity index is 1580. The molecule has 35 heavy (non-hydrogen) atoms. The number of halogens is 1. The zero-order valence-electron chi connectivity index (χ0n) is 18.8. The van der Waals surface area contributed by atoms with Crippen molar-refractivity contribution >= 4 is 39.3 Å². The van der Waals surface area contributed by atoms with E-state index in [1.807, 2.05) is 84.9 Å². The van der Waals surface area contributed by atoms with Crippen LogP contribution in [-0.2, 0) is 11.3 Å². The number of nitrogens with one attached hydrogen (secondary N) is 1. The number of hydrogen-bond acceptors (Lipinski definition) is 2. The van der Waals surface area contributed by atoms with E-state index in [2.05, 4.69) is 4.98 Å². The van der Waals surface area contributed by atoms with Crippen molar-refractivity contribution in [1.82, 2.24) is 4.98 Å². The van der Waals surface area contributed by atoms with Crippen LogP contribution in [0.4, 0.5) is 15.8 Å². The van der Waals surface area contributed by atoms with E-state index in [1.165, 1.54) is 11.0 Å². The number of nitrogens with zero attached hydrogens (tertiary/aromatic N) is 1. The lowest BCUT2D eigenvalue weighted by molar-refractivity contribution is -0.113. The average molecular weight is 460 g/mol. The van der Waals surface area contributed by atoms with Crippen LogP contribution < -0.4 is 10.6 Å². The highest BCUT2D eigenvalue weighted by molar-refractivity contribution is 6.39. The Balaban J connectivity index is 1.65. The van der Waals surface area contributed by atoms with Crippen molar-refractivity contribution in [2.45, 2.75) is 6.54 Å². The number of aromatic amines is 1. The molecule has 0 saturated heterocycles. The predicted molar refractivity (Wildman–Crippen MR) is 139 cm³/mol. The molecule has 0 spiro atoms. The summed E-state index contributed by atoms with van der Waals surface area (Å²) in [5.41, 5.74) is 12.2. The van der Waals surface area contributed by atoms with E-state index in [-0.39, 0.29) is 12.5 Å². The molecule has 5 heteroatoms. The maximum Gasteiger partial charge on any atom is 0.260 e. The first-order chi connectivity index (χ1) is 17.1. The van der Waals surface area contributed by atoms with Crippen LogP contribution in [0.5, 0.6) is 0 Å². The maximum atomic E-state index is 15.3. The molecule has 1 amide bonds. The monoisotopic (exact) mass is 459 g/mol. The number of amides is 1. The van der Waals surface area contributed by atoms with Crippen molar-refractivity contribution in [1.29, 1.82) is 0 Å². The van der Waals surface area contributed by atoms with E-state index >= 15 is 4.39 Å². The predicted octanol–water partition coefficient (Wildman–Crippen LogP) is 6.40. The molecular weight excluding hydrogens is 437 g/mol. The Labute approximate surface area is 202 Å². The molecule has 170 valence electrons. The third-order valence-electron chi connectivity index (χ3n) is 6.45. The first kappa shape index (κ1) is 20.9. The van der Waals surface area contributed by atoms with Gasteiger partial charge in [-0.1, -0.05) is 78.9 Å². The summed E-state index contributed by atoms with van der Waals surface area (Å²) >= 11 is 0. The molecule has 4 nitrogen and oxygen atoms in total. The second-order valence-electron chi connectivity index (χ2n) is 8.62. The van der Waals surface area contributed by atoms with Crippen molar-refractivity contribution in [2.24, 2.45) is 0 Å². The number of anilines is 2. The van der Waals surface area contributed by atoms with E-state index in [9.17, 15) is 4.79 Å². The standard InChI is InChI=1S/C30H22FN3O/c31-23-14-8-13-22-28(30(35)34(29(22)23)18-19-9-2-1-3-10-19)27(21-12-5-6-15-24(21)32)26-17-20-11-4-7-16-25(20)33-26/h1-17,33H,18,32H2. The number of para-hydroxylation sites is 3. The lowest BCUT2D eigenvalue weighted by Gasteiger charge is -2.18. The third kappa shape index (κ3) is 3.49. The van der Waals surface area contributed by atoms with Crippen LogP contribution in [0.3, 0.4) is 0 Å². The highest BCUT2D eigenvalue weighted by Gasteiger charge is 2.38. The van der Waals surface area contributed by atoms with Gasteiger partial charge in [0.05, 0.1) is 17.8 Å². The van der Waals surface area contributed by atoms with Gasteiger partial charge < -0.3 is 15.6 Å². The molecule has 3 N–H and O–H groups in total. The number of hydrogen-bond donors (Lipinski definition) is 2. The van der Waals surface area contributed by atoms with Crippen molar-refractivity contribution in [3.63, 3.8) is 0 Å². The number of benzene rings is 4. The Hall–Kier alpha value is -4.64. The summed E-state index contributed by atoms with van der Waals surface area (Å²) < 4.78 is 15.3. The number of H-pyrrole nitrogens is 1. The van der Waals surface area contributed by atoms with E-state index in [0.717, 1.165) is 27.7 Å². The van der Waals surface area contributed by atoms with Gasteiger partial charge in [0.15, 0.2) is 0 Å². The van der Waals surface area contributed by atoms with Crippen molar-refractivity contribution < 1.29 is 9.18 Å². The Morgan fingerprint density at radius 2 is 1.60 bits per heavy atom. The first-order valence-electron chi connectivity index (χ1n) is 11.4. The number of rotatable bonds is 4. The van der Waals surface area contributed by atoms with Crippen LogP contribution in [0.2, 0.25) is 0 Å². The van der Waals surface area contributed by atoms with Gasteiger partial charge >= 0.3 is 0 Å². The fourth-order valence-corrected chi connectivity index (χ4v) is 4.85. The van der Waals surface area contributed by atoms with Crippen LogP contribution in [-0.4, -0.2) is 10.9 Å². The van der Waals surface area contributed by atoms with E-state index in [4.69, 9.17) is 5.73 Å². The number of aromatic nitrogens is 1. The van der Waals surface area contributed by atoms with Crippen LogP contribution >= 0.6 is 0 Å². The molecule has 1 aromatic heterocycles.